The smallest absolute Gasteiger partial charge is 0.225 e. The number of carbonyl (C=O) groups excluding carboxylic acids is 1. The molecule has 0 aromatic rings. The van der Waals surface area contributed by atoms with Crippen LogP contribution < -0.4 is 5.73 Å². The van der Waals surface area contributed by atoms with Gasteiger partial charge in [-0.2, -0.15) is 0 Å². The van der Waals surface area contributed by atoms with Gasteiger partial charge in [-0.1, -0.05) is 27.7 Å². The van der Waals surface area contributed by atoms with Crippen LogP contribution in [0.1, 0.15) is 59.8 Å². The molecule has 1 aliphatic rings. The van der Waals surface area contributed by atoms with E-state index in [1.807, 2.05) is 0 Å². The van der Waals surface area contributed by atoms with Crippen molar-refractivity contribution in [1.82, 2.24) is 4.90 Å². The molecular formula is C15H30N2O. The molecule has 3 heteroatoms. The van der Waals surface area contributed by atoms with Gasteiger partial charge in [0.25, 0.3) is 0 Å². The fraction of sp³-hybridized carbons (Fsp3) is 0.933. The van der Waals surface area contributed by atoms with Gasteiger partial charge >= 0.3 is 0 Å². The third-order valence-electron chi connectivity index (χ3n) is 4.05. The molecule has 2 atom stereocenters. The minimum atomic E-state index is 0.180. The van der Waals surface area contributed by atoms with E-state index in [9.17, 15) is 4.79 Å². The zero-order valence-corrected chi connectivity index (χ0v) is 12.5. The van der Waals surface area contributed by atoms with Crippen molar-refractivity contribution in [1.29, 1.82) is 0 Å². The fourth-order valence-corrected chi connectivity index (χ4v) is 3.02. The second-order valence-corrected chi connectivity index (χ2v) is 6.12. The van der Waals surface area contributed by atoms with Crippen LogP contribution in [-0.4, -0.2) is 29.4 Å². The van der Waals surface area contributed by atoms with Crippen LogP contribution in [0.2, 0.25) is 0 Å². The van der Waals surface area contributed by atoms with Crippen LogP contribution in [0.5, 0.6) is 0 Å². The summed E-state index contributed by atoms with van der Waals surface area (Å²) in [5.41, 5.74) is 5.93. The monoisotopic (exact) mass is 254 g/mol. The van der Waals surface area contributed by atoms with Crippen LogP contribution in [0, 0.1) is 11.8 Å². The Morgan fingerprint density at radius 1 is 1.28 bits per heavy atom. The molecule has 0 aromatic heterocycles. The standard InChI is InChI=1S/C15H30N2O/c1-5-14(6-2)17(10-11(3)4)15(18)12-7-8-13(16)9-12/h11-14H,5-10,16H2,1-4H3/t12-,13+/m0/s1. The molecule has 18 heavy (non-hydrogen) atoms. The summed E-state index contributed by atoms with van der Waals surface area (Å²) in [7, 11) is 0. The Kier molecular flexibility index (Phi) is 6.13. The Hall–Kier alpha value is -0.570. The summed E-state index contributed by atoms with van der Waals surface area (Å²) in [6.07, 6.45) is 4.97. The number of nitrogens with two attached hydrogens (primary N) is 1. The largest absolute Gasteiger partial charge is 0.339 e. The minimum Gasteiger partial charge on any atom is -0.339 e. The van der Waals surface area contributed by atoms with Crippen molar-refractivity contribution in [2.45, 2.75) is 71.9 Å². The highest BCUT2D eigenvalue weighted by Gasteiger charge is 2.33. The molecule has 1 fully saturated rings. The summed E-state index contributed by atoms with van der Waals surface area (Å²) in [6.45, 7) is 9.60. The summed E-state index contributed by atoms with van der Waals surface area (Å²) in [5, 5.41) is 0. The summed E-state index contributed by atoms with van der Waals surface area (Å²) in [5.74, 6) is 1.06. The van der Waals surface area contributed by atoms with Gasteiger partial charge in [-0.25, -0.2) is 0 Å². The van der Waals surface area contributed by atoms with Crippen molar-refractivity contribution in [2.75, 3.05) is 6.54 Å². The molecule has 1 saturated carbocycles. The van der Waals surface area contributed by atoms with Gasteiger partial charge < -0.3 is 10.6 Å². The molecule has 0 aliphatic heterocycles. The van der Waals surface area contributed by atoms with Crippen molar-refractivity contribution >= 4 is 5.91 Å². The molecule has 0 radical (unpaired) electrons. The molecule has 3 nitrogen and oxygen atoms in total. The number of carbonyl (C=O) groups is 1. The van der Waals surface area contributed by atoms with Crippen LogP contribution in [0.4, 0.5) is 0 Å². The van der Waals surface area contributed by atoms with Crippen LogP contribution in [0.3, 0.4) is 0 Å². The lowest BCUT2D eigenvalue weighted by atomic mass is 10.0. The lowest BCUT2D eigenvalue weighted by Crippen LogP contribution is -2.44. The molecule has 2 N–H and O–H groups in total. The van der Waals surface area contributed by atoms with Crippen LogP contribution in [-0.2, 0) is 4.79 Å². The predicted octanol–water partition coefficient (Wildman–Crippen LogP) is 2.79. The van der Waals surface area contributed by atoms with E-state index in [2.05, 4.69) is 32.6 Å². The lowest BCUT2D eigenvalue weighted by Gasteiger charge is -2.34. The van der Waals surface area contributed by atoms with Crippen molar-refractivity contribution in [3.05, 3.63) is 0 Å². The topological polar surface area (TPSA) is 46.3 Å². The van der Waals surface area contributed by atoms with Crippen molar-refractivity contribution < 1.29 is 4.79 Å². The van der Waals surface area contributed by atoms with Gasteiger partial charge in [-0.05, 0) is 38.0 Å². The molecule has 1 rings (SSSR count). The Labute approximate surface area is 112 Å². The van der Waals surface area contributed by atoms with E-state index in [0.29, 0.717) is 17.9 Å². The van der Waals surface area contributed by atoms with Gasteiger partial charge in [0, 0.05) is 24.5 Å². The van der Waals surface area contributed by atoms with E-state index in [1.54, 1.807) is 0 Å². The van der Waals surface area contributed by atoms with E-state index in [1.165, 1.54) is 0 Å². The zero-order valence-electron chi connectivity index (χ0n) is 12.5. The summed E-state index contributed by atoms with van der Waals surface area (Å²) < 4.78 is 0. The van der Waals surface area contributed by atoms with Gasteiger partial charge in [0.1, 0.15) is 0 Å². The second-order valence-electron chi connectivity index (χ2n) is 6.12. The minimum absolute atomic E-state index is 0.180. The molecule has 0 aromatic carbocycles. The highest BCUT2D eigenvalue weighted by atomic mass is 16.2. The first-order valence-corrected chi connectivity index (χ1v) is 7.55. The third-order valence-corrected chi connectivity index (χ3v) is 4.05. The maximum absolute atomic E-state index is 12.7. The third kappa shape index (κ3) is 3.98. The highest BCUT2D eigenvalue weighted by Crippen LogP contribution is 2.28. The van der Waals surface area contributed by atoms with Crippen LogP contribution in [0.15, 0.2) is 0 Å². The number of rotatable bonds is 6. The lowest BCUT2D eigenvalue weighted by molar-refractivity contribution is -0.138. The first-order chi connectivity index (χ1) is 8.49. The summed E-state index contributed by atoms with van der Waals surface area (Å²) in [4.78, 5) is 14.8. The van der Waals surface area contributed by atoms with Crippen molar-refractivity contribution in [3.63, 3.8) is 0 Å². The Bertz CT molecular complexity index is 261. The van der Waals surface area contributed by atoms with Crippen LogP contribution >= 0.6 is 0 Å². The fourth-order valence-electron chi connectivity index (χ4n) is 3.02. The van der Waals surface area contributed by atoms with E-state index in [4.69, 9.17) is 5.73 Å². The van der Waals surface area contributed by atoms with E-state index in [0.717, 1.165) is 38.6 Å². The number of nitrogens with zero attached hydrogens (tertiary/aromatic N) is 1. The van der Waals surface area contributed by atoms with Gasteiger partial charge in [-0.15, -0.1) is 0 Å². The van der Waals surface area contributed by atoms with Gasteiger partial charge in [0.15, 0.2) is 0 Å². The Morgan fingerprint density at radius 3 is 2.28 bits per heavy atom. The molecule has 0 unspecified atom stereocenters. The van der Waals surface area contributed by atoms with E-state index in [-0.39, 0.29) is 12.0 Å². The van der Waals surface area contributed by atoms with E-state index < -0.39 is 0 Å². The number of hydrogen-bond donors (Lipinski definition) is 1. The maximum atomic E-state index is 12.7. The normalized spacial score (nSPS) is 23.9. The average molecular weight is 254 g/mol. The molecule has 0 bridgehead atoms. The Balaban J connectivity index is 2.71. The molecular weight excluding hydrogens is 224 g/mol. The number of amides is 1. The van der Waals surface area contributed by atoms with Gasteiger partial charge in [0.2, 0.25) is 5.91 Å². The van der Waals surface area contributed by atoms with Crippen LogP contribution in [0.25, 0.3) is 0 Å². The number of hydrogen-bond acceptors (Lipinski definition) is 2. The van der Waals surface area contributed by atoms with Crippen molar-refractivity contribution in [2.24, 2.45) is 17.6 Å². The summed E-state index contributed by atoms with van der Waals surface area (Å²) >= 11 is 0. The molecule has 0 heterocycles. The van der Waals surface area contributed by atoms with Gasteiger partial charge in [-0.3, -0.25) is 4.79 Å². The molecule has 0 saturated heterocycles. The maximum Gasteiger partial charge on any atom is 0.225 e. The Morgan fingerprint density at radius 2 is 1.89 bits per heavy atom. The average Bonchev–Trinajstić information content (AvgIpc) is 2.74. The predicted molar refractivity (Wildman–Crippen MR) is 76.2 cm³/mol. The molecule has 0 spiro atoms. The van der Waals surface area contributed by atoms with Crippen molar-refractivity contribution in [3.8, 4) is 0 Å². The highest BCUT2D eigenvalue weighted by molar-refractivity contribution is 5.79. The molecule has 1 aliphatic carbocycles. The SMILES string of the molecule is CCC(CC)N(CC(C)C)C(=O)[C@H]1CC[C@@H](N)C1. The molecule has 106 valence electrons. The zero-order chi connectivity index (χ0) is 13.7. The molecule has 1 amide bonds. The van der Waals surface area contributed by atoms with Gasteiger partial charge in [0.05, 0.1) is 0 Å². The first kappa shape index (κ1) is 15.5. The quantitative estimate of drug-likeness (QED) is 0.792. The summed E-state index contributed by atoms with van der Waals surface area (Å²) in [6, 6.07) is 0.637. The van der Waals surface area contributed by atoms with E-state index >= 15 is 0 Å². The second kappa shape index (κ2) is 7.13. The first-order valence-electron chi connectivity index (χ1n) is 7.55.